The summed E-state index contributed by atoms with van der Waals surface area (Å²) in [7, 11) is 0. The van der Waals surface area contributed by atoms with E-state index in [0.29, 0.717) is 10.6 Å². The first-order valence-electron chi connectivity index (χ1n) is 6.57. The molecule has 1 aromatic heterocycles. The van der Waals surface area contributed by atoms with Gasteiger partial charge in [0.05, 0.1) is 11.7 Å². The van der Waals surface area contributed by atoms with Crippen molar-refractivity contribution in [1.82, 2.24) is 4.90 Å². The molecule has 1 amide bonds. The number of hydrogen-bond donors (Lipinski definition) is 1. The van der Waals surface area contributed by atoms with Gasteiger partial charge in [-0.15, -0.1) is 11.3 Å². The minimum absolute atomic E-state index is 0.0138. The van der Waals surface area contributed by atoms with E-state index in [2.05, 4.69) is 0 Å². The Hall–Kier alpha value is -1.52. The lowest BCUT2D eigenvalue weighted by atomic mass is 10.0. The number of thiophene rings is 1. The average molecular weight is 307 g/mol. The smallest absolute Gasteiger partial charge is 0.266 e. The van der Waals surface area contributed by atoms with Crippen LogP contribution >= 0.6 is 22.9 Å². The van der Waals surface area contributed by atoms with E-state index >= 15 is 0 Å². The van der Waals surface area contributed by atoms with Gasteiger partial charge in [0.2, 0.25) is 0 Å². The molecule has 1 fully saturated rings. The molecule has 1 aromatic carbocycles. The van der Waals surface area contributed by atoms with Crippen LogP contribution in [0, 0.1) is 0 Å². The lowest BCUT2D eigenvalue weighted by Crippen LogP contribution is -2.30. The molecule has 5 heteroatoms. The van der Waals surface area contributed by atoms with Gasteiger partial charge in [0.25, 0.3) is 5.91 Å². The number of likely N-dealkylation sites (tertiary alicyclic amines) is 1. The number of hydrogen-bond acceptors (Lipinski definition) is 3. The zero-order chi connectivity index (χ0) is 14.1. The molecule has 1 aliphatic rings. The minimum Gasteiger partial charge on any atom is -0.397 e. The zero-order valence-corrected chi connectivity index (χ0v) is 12.5. The molecular formula is C15H15ClN2OS. The van der Waals surface area contributed by atoms with Crippen LogP contribution in [0.5, 0.6) is 0 Å². The largest absolute Gasteiger partial charge is 0.397 e. The van der Waals surface area contributed by atoms with Crippen molar-refractivity contribution in [3.8, 4) is 0 Å². The fraction of sp³-hybridized carbons (Fsp3) is 0.267. The van der Waals surface area contributed by atoms with Crippen LogP contribution in [-0.2, 0) is 0 Å². The molecule has 1 saturated heterocycles. The molecule has 2 N–H and O–H groups in total. The quantitative estimate of drug-likeness (QED) is 0.913. The Morgan fingerprint density at radius 1 is 1.35 bits per heavy atom. The van der Waals surface area contributed by atoms with Crippen LogP contribution in [0.3, 0.4) is 0 Å². The van der Waals surface area contributed by atoms with Gasteiger partial charge >= 0.3 is 0 Å². The van der Waals surface area contributed by atoms with E-state index in [9.17, 15) is 4.79 Å². The zero-order valence-electron chi connectivity index (χ0n) is 10.9. The molecule has 3 nitrogen and oxygen atoms in total. The molecule has 104 valence electrons. The lowest BCUT2D eigenvalue weighted by molar-refractivity contribution is 0.0741. The fourth-order valence-electron chi connectivity index (χ4n) is 2.70. The molecule has 0 radical (unpaired) electrons. The fourth-order valence-corrected chi connectivity index (χ4v) is 3.74. The first kappa shape index (κ1) is 13.5. The number of benzene rings is 1. The van der Waals surface area contributed by atoms with Gasteiger partial charge < -0.3 is 10.6 Å². The van der Waals surface area contributed by atoms with Crippen LogP contribution in [0.1, 0.15) is 34.1 Å². The second-order valence-electron chi connectivity index (χ2n) is 4.88. The van der Waals surface area contributed by atoms with E-state index in [1.165, 1.54) is 11.3 Å². The Labute approximate surface area is 127 Å². The number of rotatable bonds is 2. The van der Waals surface area contributed by atoms with Gasteiger partial charge in [-0.1, -0.05) is 29.8 Å². The molecule has 3 rings (SSSR count). The number of carbonyl (C=O) groups is 1. The highest BCUT2D eigenvalue weighted by molar-refractivity contribution is 7.12. The second-order valence-corrected chi connectivity index (χ2v) is 6.21. The number of amides is 1. The van der Waals surface area contributed by atoms with Crippen molar-refractivity contribution in [1.29, 1.82) is 0 Å². The summed E-state index contributed by atoms with van der Waals surface area (Å²) in [5, 5.41) is 2.57. The summed E-state index contributed by atoms with van der Waals surface area (Å²) in [4.78, 5) is 15.2. The summed E-state index contributed by atoms with van der Waals surface area (Å²) >= 11 is 7.67. The standard InChI is InChI=1S/C15H15ClN2OS/c16-11-5-2-1-4-10(11)13-6-3-8-18(13)15(19)14-12(17)7-9-20-14/h1-2,4-5,7,9,13H,3,6,8,17H2. The van der Waals surface area contributed by atoms with Gasteiger partial charge in [-0.05, 0) is 35.9 Å². The molecule has 20 heavy (non-hydrogen) atoms. The number of anilines is 1. The number of halogens is 1. The third-order valence-corrected chi connectivity index (χ3v) is 4.93. The Morgan fingerprint density at radius 2 is 2.15 bits per heavy atom. The number of nitrogens with zero attached hydrogens (tertiary/aromatic N) is 1. The molecule has 0 saturated carbocycles. The molecular weight excluding hydrogens is 292 g/mol. The summed E-state index contributed by atoms with van der Waals surface area (Å²) in [6.07, 6.45) is 1.94. The van der Waals surface area contributed by atoms with E-state index in [-0.39, 0.29) is 11.9 Å². The number of nitrogen functional groups attached to an aromatic ring is 1. The van der Waals surface area contributed by atoms with E-state index in [1.807, 2.05) is 34.5 Å². The first-order valence-corrected chi connectivity index (χ1v) is 7.82. The van der Waals surface area contributed by atoms with Gasteiger partial charge in [-0.2, -0.15) is 0 Å². The van der Waals surface area contributed by atoms with Crippen molar-refractivity contribution in [2.45, 2.75) is 18.9 Å². The monoisotopic (exact) mass is 306 g/mol. The molecule has 2 heterocycles. The van der Waals surface area contributed by atoms with Crippen molar-refractivity contribution in [2.24, 2.45) is 0 Å². The summed E-state index contributed by atoms with van der Waals surface area (Å²) in [5.41, 5.74) is 7.44. The van der Waals surface area contributed by atoms with Gasteiger partial charge in [-0.25, -0.2) is 0 Å². The van der Waals surface area contributed by atoms with Crippen LogP contribution in [0.4, 0.5) is 5.69 Å². The predicted octanol–water partition coefficient (Wildman–Crippen LogP) is 3.96. The van der Waals surface area contributed by atoms with Crippen molar-refractivity contribution in [3.63, 3.8) is 0 Å². The van der Waals surface area contributed by atoms with Gasteiger partial charge in [0, 0.05) is 11.6 Å². The van der Waals surface area contributed by atoms with Gasteiger partial charge in [-0.3, -0.25) is 4.79 Å². The minimum atomic E-state index is 0.0138. The van der Waals surface area contributed by atoms with Crippen LogP contribution in [-0.4, -0.2) is 17.4 Å². The van der Waals surface area contributed by atoms with Crippen LogP contribution in [0.25, 0.3) is 0 Å². The van der Waals surface area contributed by atoms with Crippen LogP contribution < -0.4 is 5.73 Å². The third kappa shape index (κ3) is 2.30. The molecule has 0 spiro atoms. The molecule has 0 bridgehead atoms. The van der Waals surface area contributed by atoms with E-state index in [1.54, 1.807) is 6.07 Å². The Bertz CT molecular complexity index is 640. The first-order chi connectivity index (χ1) is 9.68. The molecule has 2 aromatic rings. The predicted molar refractivity (Wildman–Crippen MR) is 83.2 cm³/mol. The van der Waals surface area contributed by atoms with E-state index in [4.69, 9.17) is 17.3 Å². The highest BCUT2D eigenvalue weighted by atomic mass is 35.5. The molecule has 1 aliphatic heterocycles. The number of nitrogens with two attached hydrogens (primary N) is 1. The van der Waals surface area contributed by atoms with Crippen molar-refractivity contribution < 1.29 is 4.79 Å². The molecule has 0 aliphatic carbocycles. The Morgan fingerprint density at radius 3 is 2.85 bits per heavy atom. The average Bonchev–Trinajstić information content (AvgIpc) is 3.07. The second kappa shape index (κ2) is 5.46. The van der Waals surface area contributed by atoms with Crippen LogP contribution in [0.2, 0.25) is 5.02 Å². The topological polar surface area (TPSA) is 46.3 Å². The normalized spacial score (nSPS) is 18.4. The SMILES string of the molecule is Nc1ccsc1C(=O)N1CCCC1c1ccccc1Cl. The Kier molecular flexibility index (Phi) is 3.68. The maximum atomic E-state index is 12.6. The Balaban J connectivity index is 1.92. The summed E-state index contributed by atoms with van der Waals surface area (Å²) in [5.74, 6) is 0.0138. The lowest BCUT2D eigenvalue weighted by Gasteiger charge is -2.25. The van der Waals surface area contributed by atoms with E-state index in [0.717, 1.165) is 30.0 Å². The number of carbonyl (C=O) groups excluding carboxylic acids is 1. The molecule has 1 atom stereocenters. The van der Waals surface area contributed by atoms with Crippen molar-refractivity contribution in [3.05, 3.63) is 51.2 Å². The summed E-state index contributed by atoms with van der Waals surface area (Å²) in [6.45, 7) is 0.756. The van der Waals surface area contributed by atoms with Crippen molar-refractivity contribution >= 4 is 34.5 Å². The maximum Gasteiger partial charge on any atom is 0.266 e. The summed E-state index contributed by atoms with van der Waals surface area (Å²) < 4.78 is 0. The van der Waals surface area contributed by atoms with Crippen molar-refractivity contribution in [2.75, 3.05) is 12.3 Å². The highest BCUT2D eigenvalue weighted by Crippen LogP contribution is 2.37. The van der Waals surface area contributed by atoms with Gasteiger partial charge in [0.1, 0.15) is 4.88 Å². The maximum absolute atomic E-state index is 12.6. The summed E-state index contributed by atoms with van der Waals surface area (Å²) in [6, 6.07) is 9.57. The highest BCUT2D eigenvalue weighted by Gasteiger charge is 2.32. The molecule has 1 unspecified atom stereocenters. The third-order valence-electron chi connectivity index (χ3n) is 3.67. The van der Waals surface area contributed by atoms with Crippen LogP contribution in [0.15, 0.2) is 35.7 Å². The van der Waals surface area contributed by atoms with Gasteiger partial charge in [0.15, 0.2) is 0 Å². The van der Waals surface area contributed by atoms with E-state index < -0.39 is 0 Å².